The van der Waals surface area contributed by atoms with E-state index in [0.29, 0.717) is 16.9 Å². The van der Waals surface area contributed by atoms with Gasteiger partial charge in [0, 0.05) is 18.2 Å². The fourth-order valence-electron chi connectivity index (χ4n) is 3.93. The van der Waals surface area contributed by atoms with Gasteiger partial charge in [-0.2, -0.15) is 0 Å². The molecule has 0 fully saturated rings. The molecule has 0 aliphatic carbocycles. The van der Waals surface area contributed by atoms with E-state index < -0.39 is 0 Å². The van der Waals surface area contributed by atoms with Crippen molar-refractivity contribution in [3.63, 3.8) is 0 Å². The molecule has 3 amide bonds. The first-order chi connectivity index (χ1) is 15.4. The van der Waals surface area contributed by atoms with E-state index in [0.717, 1.165) is 11.1 Å². The Hall–Kier alpha value is -3.93. The molecule has 0 aromatic heterocycles. The van der Waals surface area contributed by atoms with Crippen LogP contribution < -0.4 is 4.74 Å². The first-order valence-electron chi connectivity index (χ1n) is 10.4. The summed E-state index contributed by atoms with van der Waals surface area (Å²) in [7, 11) is 3.30. The quantitative estimate of drug-likeness (QED) is 0.549. The highest BCUT2D eigenvalue weighted by molar-refractivity contribution is 6.22. The molecular formula is C26H24N2O4. The molecule has 1 unspecified atom stereocenters. The van der Waals surface area contributed by atoms with Crippen LogP contribution in [-0.2, 0) is 6.54 Å². The van der Waals surface area contributed by atoms with E-state index in [2.05, 4.69) is 0 Å². The molecule has 4 rings (SSSR count). The van der Waals surface area contributed by atoms with Gasteiger partial charge in [-0.25, -0.2) is 0 Å². The monoisotopic (exact) mass is 428 g/mol. The third kappa shape index (κ3) is 3.75. The maximum atomic E-state index is 13.2. The molecular weight excluding hydrogens is 404 g/mol. The summed E-state index contributed by atoms with van der Waals surface area (Å²) in [6.45, 7) is 2.11. The molecule has 162 valence electrons. The van der Waals surface area contributed by atoms with Gasteiger partial charge in [-0.05, 0) is 36.8 Å². The summed E-state index contributed by atoms with van der Waals surface area (Å²) < 4.78 is 5.42. The molecule has 0 radical (unpaired) electrons. The van der Waals surface area contributed by atoms with Crippen molar-refractivity contribution >= 4 is 17.7 Å². The van der Waals surface area contributed by atoms with Crippen molar-refractivity contribution in [1.82, 2.24) is 9.80 Å². The first kappa shape index (κ1) is 21.3. The average Bonchev–Trinajstić information content (AvgIpc) is 3.07. The number of benzene rings is 3. The van der Waals surface area contributed by atoms with Gasteiger partial charge in [0.1, 0.15) is 5.75 Å². The number of nitrogens with zero attached hydrogens (tertiary/aromatic N) is 2. The molecule has 0 saturated carbocycles. The number of hydrogen-bond donors (Lipinski definition) is 0. The Morgan fingerprint density at radius 3 is 2.31 bits per heavy atom. The topological polar surface area (TPSA) is 66.9 Å². The molecule has 1 atom stereocenters. The van der Waals surface area contributed by atoms with Crippen LogP contribution in [0.15, 0.2) is 72.8 Å². The maximum Gasteiger partial charge on any atom is 0.261 e. The summed E-state index contributed by atoms with van der Waals surface area (Å²) in [5.41, 5.74) is 2.68. The van der Waals surface area contributed by atoms with Crippen molar-refractivity contribution in [3.8, 4) is 5.75 Å². The van der Waals surface area contributed by atoms with Crippen molar-refractivity contribution < 1.29 is 19.1 Å². The predicted molar refractivity (Wildman–Crippen MR) is 121 cm³/mol. The van der Waals surface area contributed by atoms with Gasteiger partial charge in [0.2, 0.25) is 0 Å². The summed E-state index contributed by atoms with van der Waals surface area (Å²) in [5, 5.41) is 0. The van der Waals surface area contributed by atoms with E-state index in [4.69, 9.17) is 4.74 Å². The highest BCUT2D eigenvalue weighted by atomic mass is 16.5. The Kier molecular flexibility index (Phi) is 5.77. The summed E-state index contributed by atoms with van der Waals surface area (Å²) in [4.78, 5) is 41.8. The lowest BCUT2D eigenvalue weighted by Crippen LogP contribution is -2.30. The van der Waals surface area contributed by atoms with Crippen molar-refractivity contribution in [2.75, 3.05) is 14.2 Å². The SMILES string of the molecule is COc1ccccc1C(C)N(C)C(=O)c1ccc2c(c1)C(=O)N(Cc1ccccc1)C2=O. The molecule has 6 heteroatoms. The number of carbonyl (C=O) groups excluding carboxylic acids is 3. The van der Waals surface area contributed by atoms with Crippen molar-refractivity contribution in [3.05, 3.63) is 101 Å². The second-order valence-electron chi connectivity index (χ2n) is 7.78. The van der Waals surface area contributed by atoms with Gasteiger partial charge in [-0.3, -0.25) is 19.3 Å². The van der Waals surface area contributed by atoms with Crippen LogP contribution in [0.3, 0.4) is 0 Å². The van der Waals surface area contributed by atoms with Gasteiger partial charge in [-0.1, -0.05) is 48.5 Å². The Morgan fingerprint density at radius 2 is 1.59 bits per heavy atom. The number of para-hydroxylation sites is 1. The highest BCUT2D eigenvalue weighted by Crippen LogP contribution is 2.30. The van der Waals surface area contributed by atoms with E-state index in [9.17, 15) is 14.4 Å². The molecule has 0 saturated heterocycles. The molecule has 32 heavy (non-hydrogen) atoms. The van der Waals surface area contributed by atoms with Crippen LogP contribution in [0.1, 0.15) is 55.2 Å². The van der Waals surface area contributed by atoms with Crippen LogP contribution >= 0.6 is 0 Å². The van der Waals surface area contributed by atoms with E-state index in [-0.39, 0.29) is 35.9 Å². The largest absolute Gasteiger partial charge is 0.496 e. The van der Waals surface area contributed by atoms with Crippen LogP contribution in [0.25, 0.3) is 0 Å². The number of methoxy groups -OCH3 is 1. The van der Waals surface area contributed by atoms with E-state index in [1.54, 1.807) is 31.2 Å². The molecule has 3 aromatic rings. The van der Waals surface area contributed by atoms with Crippen LogP contribution in [0.2, 0.25) is 0 Å². The predicted octanol–water partition coefficient (Wildman–Crippen LogP) is 4.32. The number of rotatable bonds is 6. The zero-order valence-corrected chi connectivity index (χ0v) is 18.2. The molecule has 0 N–H and O–H groups in total. The van der Waals surface area contributed by atoms with Crippen LogP contribution in [0, 0.1) is 0 Å². The third-order valence-electron chi connectivity index (χ3n) is 5.89. The molecule has 1 aliphatic heterocycles. The number of amides is 3. The number of fused-ring (bicyclic) bond motifs is 1. The normalized spacial score (nSPS) is 13.7. The van der Waals surface area contributed by atoms with Gasteiger partial charge in [0.05, 0.1) is 30.8 Å². The van der Waals surface area contributed by atoms with Gasteiger partial charge in [0.15, 0.2) is 0 Å². The third-order valence-corrected chi connectivity index (χ3v) is 5.89. The Morgan fingerprint density at radius 1 is 0.938 bits per heavy atom. The second-order valence-corrected chi connectivity index (χ2v) is 7.78. The molecule has 0 spiro atoms. The smallest absolute Gasteiger partial charge is 0.261 e. The van der Waals surface area contributed by atoms with Crippen LogP contribution in [0.4, 0.5) is 0 Å². The Bertz CT molecular complexity index is 1190. The van der Waals surface area contributed by atoms with E-state index >= 15 is 0 Å². The molecule has 0 bridgehead atoms. The number of carbonyl (C=O) groups is 3. The lowest BCUT2D eigenvalue weighted by atomic mass is 10.0. The van der Waals surface area contributed by atoms with Crippen molar-refractivity contribution in [2.24, 2.45) is 0 Å². The zero-order valence-electron chi connectivity index (χ0n) is 18.2. The summed E-state index contributed by atoms with van der Waals surface area (Å²) in [6.07, 6.45) is 0. The van der Waals surface area contributed by atoms with Crippen molar-refractivity contribution in [2.45, 2.75) is 19.5 Å². The van der Waals surface area contributed by atoms with E-state index in [1.165, 1.54) is 11.0 Å². The highest BCUT2D eigenvalue weighted by Gasteiger charge is 2.36. The maximum absolute atomic E-state index is 13.2. The second kappa shape index (κ2) is 8.67. The Labute approximate surface area is 187 Å². The number of ether oxygens (including phenoxy) is 1. The Balaban J connectivity index is 1.58. The van der Waals surface area contributed by atoms with Gasteiger partial charge >= 0.3 is 0 Å². The minimum Gasteiger partial charge on any atom is -0.496 e. The van der Waals surface area contributed by atoms with Crippen molar-refractivity contribution in [1.29, 1.82) is 0 Å². The van der Waals surface area contributed by atoms with Crippen LogP contribution in [-0.4, -0.2) is 41.7 Å². The van der Waals surface area contributed by atoms with Gasteiger partial charge in [-0.15, -0.1) is 0 Å². The summed E-state index contributed by atoms with van der Waals surface area (Å²) in [6, 6.07) is 21.3. The zero-order chi connectivity index (χ0) is 22.8. The first-order valence-corrected chi connectivity index (χ1v) is 10.4. The average molecular weight is 428 g/mol. The molecule has 3 aromatic carbocycles. The molecule has 1 aliphatic rings. The fraction of sp³-hybridized carbons (Fsp3) is 0.192. The standard InChI is InChI=1S/C26H24N2O4/c1-17(20-11-7-8-12-23(20)32-3)27(2)24(29)19-13-14-21-22(15-19)26(31)28(25(21)30)16-18-9-5-4-6-10-18/h4-15,17H,16H2,1-3H3. The van der Waals surface area contributed by atoms with E-state index in [1.807, 2.05) is 61.5 Å². The minimum atomic E-state index is -0.385. The minimum absolute atomic E-state index is 0.196. The fourth-order valence-corrected chi connectivity index (χ4v) is 3.93. The van der Waals surface area contributed by atoms with Gasteiger partial charge < -0.3 is 9.64 Å². The molecule has 6 nitrogen and oxygen atoms in total. The number of hydrogen-bond acceptors (Lipinski definition) is 4. The molecule has 1 heterocycles. The summed E-state index contributed by atoms with van der Waals surface area (Å²) in [5.74, 6) is -0.272. The lowest BCUT2D eigenvalue weighted by molar-refractivity contribution is 0.0642. The lowest BCUT2D eigenvalue weighted by Gasteiger charge is -2.26. The number of imide groups is 1. The summed E-state index contributed by atoms with van der Waals surface area (Å²) >= 11 is 0. The van der Waals surface area contributed by atoms with Crippen LogP contribution in [0.5, 0.6) is 5.75 Å². The van der Waals surface area contributed by atoms with Gasteiger partial charge in [0.25, 0.3) is 17.7 Å².